The normalized spacial score (nSPS) is 27.2. The SMILES string of the molecule is CO[C@H]1O[C@H](C[17O][C@@H]2O[C@H](COC(C)=O)[C@@H](OC(C)=O)[C@H](OC(C)=O)[C@H]2OC(C)=O)[C@@H](OCc2ccccc2)[C@H](OCc2ccccc2)[C@H]1OCc1ccccc1. The molecule has 0 aliphatic carbocycles. The lowest BCUT2D eigenvalue weighted by Crippen LogP contribution is -2.64. The van der Waals surface area contributed by atoms with Crippen LogP contribution >= 0.6 is 0 Å². The van der Waals surface area contributed by atoms with Crippen LogP contribution in [0.4, 0.5) is 0 Å². The van der Waals surface area contributed by atoms with Gasteiger partial charge in [-0.3, -0.25) is 19.2 Å². The largest absolute Gasteiger partial charge is 0.463 e. The number of carbonyl (C=O) groups excluding carboxylic acids is 4. The second-order valence-corrected chi connectivity index (χ2v) is 13.5. The number of rotatable bonds is 18. The van der Waals surface area contributed by atoms with E-state index >= 15 is 0 Å². The molecule has 15 nitrogen and oxygen atoms in total. The third-order valence-electron chi connectivity index (χ3n) is 9.05. The lowest BCUT2D eigenvalue weighted by molar-refractivity contribution is -0.342. The van der Waals surface area contributed by atoms with Crippen molar-refractivity contribution in [2.75, 3.05) is 20.3 Å². The summed E-state index contributed by atoms with van der Waals surface area (Å²) >= 11 is 0. The van der Waals surface area contributed by atoms with E-state index in [1.807, 2.05) is 91.0 Å². The Bertz CT molecular complexity index is 1710. The number of carbonyl (C=O) groups is 4. The second-order valence-electron chi connectivity index (χ2n) is 13.5. The summed E-state index contributed by atoms with van der Waals surface area (Å²) in [7, 11) is 1.49. The molecule has 15 heteroatoms. The summed E-state index contributed by atoms with van der Waals surface area (Å²) in [6.07, 6.45) is -11.2. The van der Waals surface area contributed by atoms with Gasteiger partial charge in [0, 0.05) is 34.8 Å². The highest BCUT2D eigenvalue weighted by molar-refractivity contribution is 5.68. The molecule has 0 N–H and O–H groups in total. The first-order chi connectivity index (χ1) is 27.5. The summed E-state index contributed by atoms with van der Waals surface area (Å²) in [6.45, 7) is 4.53. The average Bonchev–Trinajstić information content (AvgIpc) is 3.19. The zero-order valence-corrected chi connectivity index (χ0v) is 32.6. The standard InChI is InChI=1S/C42H50O15/c1-26(43)48-24-34-36(53-27(2)44)38(54-28(3)45)40(55-29(4)46)42(57-34)52-25-33-35(49-21-30-15-9-6-10-16-30)37(50-22-31-17-11-7-12-18-31)39(41(47-5)56-33)51-23-32-19-13-8-14-20-32/h6-20,33-42H,21-25H2,1-5H3/t33-,34-,35-,36-,37+,38+,39-,40-,41+,42-/m1/s1/i52+1. The third-order valence-corrected chi connectivity index (χ3v) is 9.05. The Balaban J connectivity index is 1.48. The van der Waals surface area contributed by atoms with Gasteiger partial charge in [-0.15, -0.1) is 0 Å². The minimum atomic E-state index is -1.46. The highest BCUT2D eigenvalue weighted by Gasteiger charge is 2.54. The minimum absolute atomic E-state index is 0.165. The Morgan fingerprint density at radius 2 is 0.982 bits per heavy atom. The highest BCUT2D eigenvalue weighted by atomic mass is 17.4. The van der Waals surface area contributed by atoms with Crippen LogP contribution in [-0.4, -0.2) is 106 Å². The maximum atomic E-state index is 12.5. The fourth-order valence-corrected chi connectivity index (χ4v) is 6.58. The van der Waals surface area contributed by atoms with Crippen molar-refractivity contribution in [2.24, 2.45) is 0 Å². The maximum Gasteiger partial charge on any atom is 0.303 e. The van der Waals surface area contributed by atoms with Crippen molar-refractivity contribution < 1.29 is 71.3 Å². The first-order valence-corrected chi connectivity index (χ1v) is 18.6. The number of methoxy groups -OCH3 is 1. The quantitative estimate of drug-likeness (QED) is 0.132. The van der Waals surface area contributed by atoms with Crippen molar-refractivity contribution in [2.45, 2.75) is 109 Å². The molecule has 2 fully saturated rings. The van der Waals surface area contributed by atoms with E-state index in [0.717, 1.165) is 37.5 Å². The van der Waals surface area contributed by atoms with E-state index in [9.17, 15) is 19.2 Å². The zero-order chi connectivity index (χ0) is 40.7. The summed E-state index contributed by atoms with van der Waals surface area (Å²) in [5.41, 5.74) is 2.71. The molecule has 57 heavy (non-hydrogen) atoms. The van der Waals surface area contributed by atoms with E-state index in [-0.39, 0.29) is 26.4 Å². The summed E-state index contributed by atoms with van der Waals surface area (Å²) in [5.74, 6) is -2.93. The van der Waals surface area contributed by atoms with Gasteiger partial charge in [-0.05, 0) is 16.7 Å². The van der Waals surface area contributed by atoms with Crippen LogP contribution in [0.3, 0.4) is 0 Å². The summed E-state index contributed by atoms with van der Waals surface area (Å²) in [5, 5.41) is 0. The Morgan fingerprint density at radius 3 is 1.46 bits per heavy atom. The van der Waals surface area contributed by atoms with Gasteiger partial charge in [0.1, 0.15) is 37.1 Å². The Hall–Kier alpha value is -4.74. The third kappa shape index (κ3) is 12.9. The molecule has 308 valence electrons. The van der Waals surface area contributed by atoms with Gasteiger partial charge in [-0.1, -0.05) is 91.0 Å². The molecule has 2 saturated heterocycles. The second kappa shape index (κ2) is 21.7. The average molecular weight is 796 g/mol. The van der Waals surface area contributed by atoms with Crippen LogP contribution < -0.4 is 0 Å². The summed E-state index contributed by atoms with van der Waals surface area (Å²) in [6, 6.07) is 28.8. The lowest BCUT2D eigenvalue weighted by Gasteiger charge is -2.47. The van der Waals surface area contributed by atoms with Crippen LogP contribution in [0.2, 0.25) is 0 Å². The van der Waals surface area contributed by atoms with Gasteiger partial charge in [0.15, 0.2) is 30.9 Å². The molecule has 0 unspecified atom stereocenters. The van der Waals surface area contributed by atoms with E-state index in [1.165, 1.54) is 14.0 Å². The molecule has 10 atom stereocenters. The van der Waals surface area contributed by atoms with E-state index in [4.69, 9.17) is 52.1 Å². The molecule has 0 amide bonds. The lowest BCUT2D eigenvalue weighted by atomic mass is 9.97. The van der Waals surface area contributed by atoms with Gasteiger partial charge in [-0.25, -0.2) is 0 Å². The van der Waals surface area contributed by atoms with Crippen LogP contribution in [-0.2, 0) is 91.1 Å². The fourth-order valence-electron chi connectivity index (χ4n) is 6.58. The Kier molecular flexibility index (Phi) is 16.5. The molecule has 3 aromatic carbocycles. The number of ether oxygens (including phenoxy) is 11. The number of hydrogen-bond donors (Lipinski definition) is 0. The fraction of sp³-hybridized carbons (Fsp3) is 0.476. The van der Waals surface area contributed by atoms with Crippen molar-refractivity contribution in [1.29, 1.82) is 0 Å². The van der Waals surface area contributed by atoms with Crippen LogP contribution in [0, 0.1) is 0 Å². The predicted molar refractivity (Wildman–Crippen MR) is 199 cm³/mol. The Labute approximate surface area is 331 Å². The molecular formula is C42H50O15. The van der Waals surface area contributed by atoms with Crippen LogP contribution in [0.15, 0.2) is 91.0 Å². The Morgan fingerprint density at radius 1 is 0.526 bits per heavy atom. The molecule has 2 heterocycles. The van der Waals surface area contributed by atoms with Crippen molar-refractivity contribution in [3.8, 4) is 0 Å². The summed E-state index contributed by atoms with van der Waals surface area (Å²) in [4.78, 5) is 48.9. The molecule has 2 aliphatic rings. The van der Waals surface area contributed by atoms with Gasteiger partial charge in [0.2, 0.25) is 0 Å². The van der Waals surface area contributed by atoms with E-state index in [1.54, 1.807) is 0 Å². The van der Waals surface area contributed by atoms with E-state index < -0.39 is 91.9 Å². The maximum absolute atomic E-state index is 12.5. The number of hydrogen-bond acceptors (Lipinski definition) is 15. The molecule has 3 aromatic rings. The molecular weight excluding hydrogens is 745 g/mol. The van der Waals surface area contributed by atoms with Crippen molar-refractivity contribution in [1.82, 2.24) is 0 Å². The van der Waals surface area contributed by atoms with E-state index in [2.05, 4.69) is 0 Å². The predicted octanol–water partition coefficient (Wildman–Crippen LogP) is 4.21. The van der Waals surface area contributed by atoms with Crippen LogP contribution in [0.5, 0.6) is 0 Å². The van der Waals surface area contributed by atoms with Gasteiger partial charge >= 0.3 is 23.9 Å². The van der Waals surface area contributed by atoms with Gasteiger partial charge in [-0.2, -0.15) is 0 Å². The zero-order valence-electron chi connectivity index (χ0n) is 32.6. The van der Waals surface area contributed by atoms with Crippen LogP contribution in [0.25, 0.3) is 0 Å². The molecule has 0 saturated carbocycles. The molecule has 0 bridgehead atoms. The van der Waals surface area contributed by atoms with Crippen LogP contribution in [0.1, 0.15) is 44.4 Å². The van der Waals surface area contributed by atoms with Gasteiger partial charge in [0.25, 0.3) is 0 Å². The van der Waals surface area contributed by atoms with Crippen molar-refractivity contribution >= 4 is 23.9 Å². The molecule has 0 radical (unpaired) electrons. The first-order valence-electron chi connectivity index (χ1n) is 18.6. The topological polar surface area (TPSA) is 170 Å². The first kappa shape index (κ1) is 43.4. The molecule has 0 spiro atoms. The monoisotopic (exact) mass is 795 g/mol. The van der Waals surface area contributed by atoms with E-state index in [0.29, 0.717) is 0 Å². The highest BCUT2D eigenvalue weighted by Crippen LogP contribution is 2.34. The smallest absolute Gasteiger partial charge is 0.303 e. The van der Waals surface area contributed by atoms with Gasteiger partial charge in [0.05, 0.1) is 26.4 Å². The molecule has 5 rings (SSSR count). The van der Waals surface area contributed by atoms with Crippen molar-refractivity contribution in [3.05, 3.63) is 108 Å². The minimum Gasteiger partial charge on any atom is -0.463 e. The summed E-state index contributed by atoms with van der Waals surface area (Å²) < 4.78 is 66.7. The molecule has 2 aliphatic heterocycles. The number of esters is 4. The molecule has 0 aromatic heterocycles. The van der Waals surface area contributed by atoms with Gasteiger partial charge < -0.3 is 52.1 Å². The number of benzene rings is 3. The van der Waals surface area contributed by atoms with Crippen molar-refractivity contribution in [3.63, 3.8) is 0 Å².